The molecule has 456 valence electrons. The molecule has 8 aliphatic carbocycles. The molecule has 15 nitrogen and oxygen atoms in total. The van der Waals surface area contributed by atoms with Crippen LogP contribution in [0.3, 0.4) is 0 Å². The molecular weight excluding hydrogens is 1100 g/mol. The van der Waals surface area contributed by atoms with Crippen molar-refractivity contribution >= 4 is 45.1 Å². The van der Waals surface area contributed by atoms with E-state index in [1.54, 1.807) is 40.6 Å². The van der Waals surface area contributed by atoms with E-state index in [1.165, 1.54) is 5.57 Å². The number of hydrogen-bond donors (Lipinski definition) is 10. The van der Waals surface area contributed by atoms with E-state index in [9.17, 15) is 35.1 Å². The highest BCUT2D eigenvalue weighted by Crippen LogP contribution is 2.75. The van der Waals surface area contributed by atoms with E-state index >= 15 is 9.90 Å². The van der Waals surface area contributed by atoms with Gasteiger partial charge >= 0.3 is 5.97 Å². The predicted octanol–water partition coefficient (Wildman–Crippen LogP) is 8.05. The van der Waals surface area contributed by atoms with E-state index in [0.29, 0.717) is 48.2 Å². The van der Waals surface area contributed by atoms with Gasteiger partial charge in [-0.25, -0.2) is 0 Å². The molecule has 5 saturated carbocycles. The van der Waals surface area contributed by atoms with Crippen LogP contribution in [0.25, 0.3) is 0 Å². The minimum absolute atomic E-state index is 0.00936. The maximum atomic E-state index is 16.6. The number of aromatic hydroxyl groups is 1. The highest BCUT2D eigenvalue weighted by Gasteiger charge is 2.76. The molecule has 2 bridgehead atoms. The lowest BCUT2D eigenvalue weighted by Gasteiger charge is -2.65. The number of aromatic amines is 1. The molecule has 1 aromatic heterocycles. The van der Waals surface area contributed by atoms with Crippen molar-refractivity contribution in [2.45, 2.75) is 171 Å². The molecule has 2 saturated heterocycles. The molecule has 0 amide bonds. The van der Waals surface area contributed by atoms with Crippen molar-refractivity contribution in [3.05, 3.63) is 76.8 Å². The van der Waals surface area contributed by atoms with Gasteiger partial charge in [0.25, 0.3) is 0 Å². The zero-order valence-electron chi connectivity index (χ0n) is 49.3. The summed E-state index contributed by atoms with van der Waals surface area (Å²) < 4.78 is 5.99. The van der Waals surface area contributed by atoms with E-state index in [-0.39, 0.29) is 128 Å². The number of phenolic OH excluding ortho intramolecular Hbond substituents is 1. The number of cyclic esters (lactones) is 1. The van der Waals surface area contributed by atoms with Gasteiger partial charge < -0.3 is 57.1 Å². The topological polar surface area (TPSA) is 274 Å². The number of hydrogen-bond acceptors (Lipinski definition) is 14. The number of ketones is 2. The molecule has 7 fully saturated rings. The van der Waals surface area contributed by atoms with Gasteiger partial charge in [-0.3, -0.25) is 19.4 Å². The van der Waals surface area contributed by atoms with Crippen LogP contribution >= 0.6 is 21.6 Å². The van der Waals surface area contributed by atoms with Crippen LogP contribution in [0.1, 0.15) is 153 Å². The van der Waals surface area contributed by atoms with Crippen LogP contribution in [0, 0.1) is 99.6 Å². The van der Waals surface area contributed by atoms with Gasteiger partial charge in [-0.15, -0.1) is 5.92 Å². The third kappa shape index (κ3) is 10.3. The van der Waals surface area contributed by atoms with E-state index in [2.05, 4.69) is 47.1 Å². The Morgan fingerprint density at radius 1 is 0.905 bits per heavy atom. The number of carbonyl (C=O) groups is 3. The first-order valence-corrected chi connectivity index (χ1v) is 34.3. The number of aliphatic hydroxyl groups excluding tert-OH is 3. The van der Waals surface area contributed by atoms with Crippen molar-refractivity contribution in [1.29, 1.82) is 0 Å². The van der Waals surface area contributed by atoms with Gasteiger partial charge in [0.1, 0.15) is 5.75 Å². The number of aliphatic hydroxyl groups is 5. The van der Waals surface area contributed by atoms with E-state index in [0.717, 1.165) is 68.9 Å². The van der Waals surface area contributed by atoms with Crippen LogP contribution in [-0.4, -0.2) is 120 Å². The first-order valence-electron chi connectivity index (χ1n) is 31.9. The minimum atomic E-state index is -1.86. The van der Waals surface area contributed by atoms with E-state index < -0.39 is 75.9 Å². The molecule has 21 atom stereocenters. The molecular formula is C67H91N5O10S2. The number of benzene rings is 1. The SMILES string of the molecule is C[C@@H]1CCC2=CC[C@@H]3[C@H](C[C@@H]([C@H]4COC(=O)[C@H]4c4cc[nH]c4)C#CC[C@H]4C[C@@]5(O)C6=C7NCC(=O)C[C@H](c8ccc(O)cc8)CSSC[C@@H]8[C@@H](O)[C@@H](O)C[C@@](C9CCCC9)([C@@H]8C7=O)[C@H]6CC[C@]5(CCN=C(N)N)[C@H]4[C@@](C)(O)[C@H](O)C[C@H]3C)[C@H]2C1. The number of esters is 1. The molecule has 0 radical (unpaired) electrons. The maximum Gasteiger partial charge on any atom is 0.313 e. The Labute approximate surface area is 503 Å². The minimum Gasteiger partial charge on any atom is -0.508 e. The number of guanidine groups is 1. The van der Waals surface area contributed by atoms with Crippen molar-refractivity contribution in [2.24, 2.45) is 104 Å². The average molecular weight is 1190 g/mol. The number of ether oxygens (including phenoxy) is 1. The fraction of sp³-hybridized carbons (Fsp3) is 0.701. The Balaban J connectivity index is 1.03. The monoisotopic (exact) mass is 1190 g/mol. The highest BCUT2D eigenvalue weighted by molar-refractivity contribution is 8.76. The van der Waals surface area contributed by atoms with Crippen LogP contribution in [0.2, 0.25) is 0 Å². The zero-order valence-corrected chi connectivity index (χ0v) is 50.9. The second-order valence-corrected chi connectivity index (χ2v) is 30.8. The Bertz CT molecular complexity index is 2950. The van der Waals surface area contributed by atoms with Crippen LogP contribution in [0.5, 0.6) is 5.75 Å². The molecule has 17 heteroatoms. The summed E-state index contributed by atoms with van der Waals surface area (Å²) in [4.78, 5) is 52.9. The maximum absolute atomic E-state index is 16.6. The standard InChI is InChI=1S/C67H91N5O10S2/c1-36-11-12-39-15-18-47-37(2)26-54(76)64(3,80)61-41(8-6-7-40(28-49(47)48(39)25-36)50-33-82-62(79)55(50)42-20-23-70-31-42)29-67(81)57-52(19-21-65(61,67)22-24-71-63(68)69)66(44-9-4-5-10-44)30-53(75)59(77)51-35-84-83-34-43(38-13-16-45(73)17-14-38)27-46(74)32-72-58(57)60(78)56(51)66/h13-17,20,23,31,36-37,40-41,43-44,47-56,59,61,70,72-73,75-77,80-81H,4-5,8-12,18-19,21-22,24-30,32-35H2,1-3H3,(H4,68,69,71)/t36-,37-,40+,41+,43+,47+,48+,49+,50-,51+,52+,53+,54-,55+,56+,59-,61-,64+,65+,66+,67-/m1/s1. The Hall–Kier alpha value is -4.28. The zero-order chi connectivity index (χ0) is 59.0. The lowest BCUT2D eigenvalue weighted by Crippen LogP contribution is -2.69. The molecule has 0 unspecified atom stereocenters. The summed E-state index contributed by atoms with van der Waals surface area (Å²) in [5.74, 6) is 4.62. The molecule has 3 heterocycles. The number of aliphatic imine (C=N–C) groups is 1. The molecule has 0 spiro atoms. The fourth-order valence-electron chi connectivity index (χ4n) is 20.4. The van der Waals surface area contributed by atoms with Gasteiger partial charge in [-0.1, -0.05) is 78.0 Å². The number of fused-ring (bicyclic) bond motifs is 10. The summed E-state index contributed by atoms with van der Waals surface area (Å²) in [6.07, 6.45) is 13.0. The number of phenols is 1. The van der Waals surface area contributed by atoms with Crippen molar-refractivity contribution in [3.63, 3.8) is 0 Å². The number of Topliss-reactive ketones (excluding diaryl/α,β-unsaturated/α-hetero) is 2. The van der Waals surface area contributed by atoms with Gasteiger partial charge in [-0.05, 0) is 178 Å². The Morgan fingerprint density at radius 2 is 1.68 bits per heavy atom. The summed E-state index contributed by atoms with van der Waals surface area (Å²) in [6.45, 7) is 6.44. The van der Waals surface area contributed by atoms with Crippen LogP contribution in [0.4, 0.5) is 0 Å². The number of nitrogens with two attached hydrogens (primary N) is 2. The summed E-state index contributed by atoms with van der Waals surface area (Å²) in [7, 11) is 3.15. The van der Waals surface area contributed by atoms with Crippen LogP contribution in [-0.2, 0) is 19.1 Å². The lowest BCUT2D eigenvalue weighted by molar-refractivity contribution is -0.203. The Morgan fingerprint density at radius 3 is 2.43 bits per heavy atom. The smallest absolute Gasteiger partial charge is 0.313 e. The predicted molar refractivity (Wildman–Crippen MR) is 326 cm³/mol. The number of allylic oxidation sites excluding steroid dienone is 3. The molecule has 2 aliphatic heterocycles. The van der Waals surface area contributed by atoms with Gasteiger partial charge in [0.05, 0.1) is 54.3 Å². The molecule has 12 rings (SSSR count). The first-order chi connectivity index (χ1) is 40.3. The summed E-state index contributed by atoms with van der Waals surface area (Å²) in [6, 6.07) is 8.87. The molecule has 10 aliphatic rings. The Kier molecular flexibility index (Phi) is 16.9. The van der Waals surface area contributed by atoms with Crippen LogP contribution in [0.15, 0.2) is 70.6 Å². The number of carbonyl (C=O) groups excluding carboxylic acids is 3. The number of nitrogens with zero attached hydrogens (tertiary/aromatic N) is 1. The first kappa shape index (κ1) is 60.0. The van der Waals surface area contributed by atoms with E-state index in [1.807, 2.05) is 30.6 Å². The molecule has 2 aromatic rings. The van der Waals surface area contributed by atoms with Gasteiger partial charge in [0, 0.05) is 84.2 Å². The summed E-state index contributed by atoms with van der Waals surface area (Å²) in [5, 5.41) is 80.5. The molecule has 12 N–H and O–H groups in total. The second kappa shape index (κ2) is 23.7. The average Bonchev–Trinajstić information content (AvgIpc) is 1.29. The number of nitrogens with one attached hydrogen (secondary N) is 2. The van der Waals surface area contributed by atoms with Crippen molar-refractivity contribution in [1.82, 2.24) is 10.3 Å². The largest absolute Gasteiger partial charge is 0.508 e. The fourth-order valence-corrected chi connectivity index (χ4v) is 23.2. The van der Waals surface area contributed by atoms with E-state index in [4.69, 9.17) is 16.2 Å². The van der Waals surface area contributed by atoms with Gasteiger partial charge in [0.15, 0.2) is 17.5 Å². The number of rotatable bonds is 7. The van der Waals surface area contributed by atoms with Crippen molar-refractivity contribution < 1.29 is 49.8 Å². The third-order valence-corrected chi connectivity index (χ3v) is 26.6. The van der Waals surface area contributed by atoms with Crippen molar-refractivity contribution in [2.75, 3.05) is 31.2 Å². The molecule has 1 aromatic carbocycles. The second-order valence-electron chi connectivity index (χ2n) is 28.3. The lowest BCUT2D eigenvalue weighted by atomic mass is 9.40. The third-order valence-electron chi connectivity index (χ3n) is 24.0. The quantitative estimate of drug-likeness (QED) is 0.0314. The van der Waals surface area contributed by atoms with Crippen LogP contribution < -0.4 is 16.8 Å². The summed E-state index contributed by atoms with van der Waals surface area (Å²) >= 11 is 0. The van der Waals surface area contributed by atoms with Gasteiger partial charge in [0.2, 0.25) is 0 Å². The highest BCUT2D eigenvalue weighted by atomic mass is 33.1. The number of H-pyrrole nitrogens is 1. The normalized spacial score (nSPS) is 43.7. The van der Waals surface area contributed by atoms with Gasteiger partial charge in [-0.2, -0.15) is 0 Å². The van der Waals surface area contributed by atoms with Crippen molar-refractivity contribution in [3.8, 4) is 17.6 Å². The summed E-state index contributed by atoms with van der Waals surface area (Å²) in [5.41, 5.74) is 10.4. The molecule has 84 heavy (non-hydrogen) atoms. The number of aromatic nitrogens is 1.